The van der Waals surface area contributed by atoms with Crippen molar-refractivity contribution in [3.8, 4) is 0 Å². The SMILES string of the molecule is CCOC(=O)C1CCN(S(=O)(=O)c2cccc3c2CN(C2CCC(=O)NC2=O)C3=O)CC1. The fraction of sp³-hybridized carbons (Fsp3) is 0.524. The molecule has 11 heteroatoms. The molecule has 0 bridgehead atoms. The Morgan fingerprint density at radius 2 is 1.88 bits per heavy atom. The molecule has 0 aliphatic carbocycles. The highest BCUT2D eigenvalue weighted by Gasteiger charge is 2.42. The summed E-state index contributed by atoms with van der Waals surface area (Å²) in [6, 6.07) is 3.72. The third-order valence-corrected chi connectivity index (χ3v) is 8.21. The monoisotopic (exact) mass is 463 g/mol. The number of carbonyl (C=O) groups excluding carboxylic acids is 4. The molecule has 3 aliphatic rings. The van der Waals surface area contributed by atoms with Gasteiger partial charge in [-0.1, -0.05) is 6.07 Å². The van der Waals surface area contributed by atoms with E-state index >= 15 is 0 Å². The van der Waals surface area contributed by atoms with E-state index in [2.05, 4.69) is 5.32 Å². The normalized spacial score (nSPS) is 22.6. The fourth-order valence-electron chi connectivity index (χ4n) is 4.53. The number of piperidine rings is 2. The van der Waals surface area contributed by atoms with Crippen molar-refractivity contribution in [3.63, 3.8) is 0 Å². The van der Waals surface area contributed by atoms with E-state index < -0.39 is 27.9 Å². The van der Waals surface area contributed by atoms with Gasteiger partial charge in [0.25, 0.3) is 5.91 Å². The van der Waals surface area contributed by atoms with Crippen molar-refractivity contribution in [2.75, 3.05) is 19.7 Å². The molecule has 1 N–H and O–H groups in total. The number of nitrogens with zero attached hydrogens (tertiary/aromatic N) is 2. The van der Waals surface area contributed by atoms with Crippen LogP contribution >= 0.6 is 0 Å². The van der Waals surface area contributed by atoms with Gasteiger partial charge in [0.1, 0.15) is 6.04 Å². The van der Waals surface area contributed by atoms with Crippen molar-refractivity contribution in [1.29, 1.82) is 0 Å². The highest BCUT2D eigenvalue weighted by Crippen LogP contribution is 2.34. The van der Waals surface area contributed by atoms with Crippen molar-refractivity contribution in [1.82, 2.24) is 14.5 Å². The molecule has 4 rings (SSSR count). The Morgan fingerprint density at radius 3 is 2.53 bits per heavy atom. The van der Waals surface area contributed by atoms with E-state index in [-0.39, 0.29) is 67.3 Å². The molecular weight excluding hydrogens is 438 g/mol. The number of amides is 3. The van der Waals surface area contributed by atoms with Gasteiger partial charge in [-0.25, -0.2) is 8.42 Å². The van der Waals surface area contributed by atoms with Crippen LogP contribution in [-0.4, -0.2) is 67.1 Å². The lowest BCUT2D eigenvalue weighted by molar-refractivity contribution is -0.149. The molecule has 0 saturated carbocycles. The zero-order valence-electron chi connectivity index (χ0n) is 17.7. The van der Waals surface area contributed by atoms with Gasteiger partial charge >= 0.3 is 5.97 Å². The number of hydrogen-bond donors (Lipinski definition) is 1. The summed E-state index contributed by atoms with van der Waals surface area (Å²) in [5.41, 5.74) is 0.604. The molecular formula is C21H25N3O7S. The number of nitrogens with one attached hydrogen (secondary N) is 1. The van der Waals surface area contributed by atoms with Gasteiger partial charge in [0.05, 0.1) is 17.4 Å². The summed E-state index contributed by atoms with van der Waals surface area (Å²) in [6.45, 7) is 2.35. The maximum Gasteiger partial charge on any atom is 0.309 e. The van der Waals surface area contributed by atoms with E-state index in [0.29, 0.717) is 18.4 Å². The number of benzene rings is 1. The first kappa shape index (κ1) is 22.4. The lowest BCUT2D eigenvalue weighted by Gasteiger charge is -2.31. The van der Waals surface area contributed by atoms with Crippen LogP contribution in [-0.2, 0) is 35.7 Å². The Labute approximate surface area is 185 Å². The first-order valence-corrected chi connectivity index (χ1v) is 12.1. The van der Waals surface area contributed by atoms with Gasteiger partial charge in [-0.2, -0.15) is 4.31 Å². The van der Waals surface area contributed by atoms with Gasteiger partial charge < -0.3 is 9.64 Å². The smallest absolute Gasteiger partial charge is 0.309 e. The zero-order chi connectivity index (χ0) is 23.0. The van der Waals surface area contributed by atoms with Crippen molar-refractivity contribution in [2.45, 2.75) is 50.1 Å². The maximum atomic E-state index is 13.4. The number of ether oxygens (including phenoxy) is 1. The average molecular weight is 464 g/mol. The van der Waals surface area contributed by atoms with Crippen LogP contribution < -0.4 is 5.32 Å². The summed E-state index contributed by atoms with van der Waals surface area (Å²) in [5.74, 6) is -1.99. The third kappa shape index (κ3) is 3.90. The predicted molar refractivity (Wildman–Crippen MR) is 111 cm³/mol. The molecule has 2 saturated heterocycles. The molecule has 2 fully saturated rings. The van der Waals surface area contributed by atoms with Crippen LogP contribution in [0.1, 0.15) is 48.5 Å². The summed E-state index contributed by atoms with van der Waals surface area (Å²) in [4.78, 5) is 50.0. The average Bonchev–Trinajstić information content (AvgIpc) is 3.10. The second-order valence-electron chi connectivity index (χ2n) is 8.11. The fourth-order valence-corrected chi connectivity index (χ4v) is 6.24. The van der Waals surface area contributed by atoms with Crippen LogP contribution in [0.4, 0.5) is 0 Å². The van der Waals surface area contributed by atoms with Crippen LogP contribution in [0.3, 0.4) is 0 Å². The van der Waals surface area contributed by atoms with Gasteiger partial charge in [0.2, 0.25) is 21.8 Å². The number of imide groups is 1. The second kappa shape index (κ2) is 8.62. The number of rotatable bonds is 5. The molecule has 1 atom stereocenters. The van der Waals surface area contributed by atoms with Crippen LogP contribution in [0, 0.1) is 5.92 Å². The first-order chi connectivity index (χ1) is 15.2. The van der Waals surface area contributed by atoms with Gasteiger partial charge in [0.15, 0.2) is 0 Å². The summed E-state index contributed by atoms with van der Waals surface area (Å²) >= 11 is 0. The number of esters is 1. The van der Waals surface area contributed by atoms with Crippen LogP contribution in [0.15, 0.2) is 23.1 Å². The van der Waals surface area contributed by atoms with Crippen molar-refractivity contribution in [3.05, 3.63) is 29.3 Å². The Kier molecular flexibility index (Phi) is 6.04. The van der Waals surface area contributed by atoms with Gasteiger partial charge in [-0.15, -0.1) is 0 Å². The van der Waals surface area contributed by atoms with Crippen molar-refractivity contribution >= 4 is 33.7 Å². The van der Waals surface area contributed by atoms with Crippen LogP contribution in [0.25, 0.3) is 0 Å². The summed E-state index contributed by atoms with van der Waals surface area (Å²) < 4.78 is 33.2. The van der Waals surface area contributed by atoms with E-state index in [1.807, 2.05) is 0 Å². The lowest BCUT2D eigenvalue weighted by atomic mass is 9.98. The number of fused-ring (bicyclic) bond motifs is 1. The predicted octanol–water partition coefficient (Wildman–Crippen LogP) is 0.411. The molecule has 1 aromatic carbocycles. The largest absolute Gasteiger partial charge is 0.466 e. The minimum absolute atomic E-state index is 0.0187. The van der Waals surface area contributed by atoms with Gasteiger partial charge in [-0.05, 0) is 38.3 Å². The lowest BCUT2D eigenvalue weighted by Crippen LogP contribution is -2.52. The molecule has 0 aromatic heterocycles. The highest BCUT2D eigenvalue weighted by atomic mass is 32.2. The third-order valence-electron chi connectivity index (χ3n) is 6.23. The molecule has 3 amide bonds. The Morgan fingerprint density at radius 1 is 1.16 bits per heavy atom. The molecule has 3 aliphatic heterocycles. The summed E-state index contributed by atoms with van der Waals surface area (Å²) in [7, 11) is -3.90. The highest BCUT2D eigenvalue weighted by molar-refractivity contribution is 7.89. The van der Waals surface area contributed by atoms with E-state index in [9.17, 15) is 27.6 Å². The summed E-state index contributed by atoms with van der Waals surface area (Å²) in [6.07, 6.45) is 1.06. The van der Waals surface area contributed by atoms with Crippen molar-refractivity contribution in [2.24, 2.45) is 5.92 Å². The number of sulfonamides is 1. The molecule has 1 unspecified atom stereocenters. The number of hydrogen-bond acceptors (Lipinski definition) is 7. The zero-order valence-corrected chi connectivity index (χ0v) is 18.5. The van der Waals surface area contributed by atoms with Crippen LogP contribution in [0.5, 0.6) is 0 Å². The molecule has 3 heterocycles. The van der Waals surface area contributed by atoms with Crippen LogP contribution in [0.2, 0.25) is 0 Å². The standard InChI is InChI=1S/C21H25N3O7S/c1-2-31-21(28)13-8-10-23(11-9-13)32(29,30)17-5-3-4-14-15(17)12-24(20(14)27)16-6-7-18(25)22-19(16)26/h3-5,13,16H,2,6-12H2,1H3,(H,22,25,26). The first-order valence-electron chi connectivity index (χ1n) is 10.7. The summed E-state index contributed by atoms with van der Waals surface area (Å²) in [5, 5.41) is 2.24. The van der Waals surface area contributed by atoms with E-state index in [1.54, 1.807) is 13.0 Å². The number of carbonyl (C=O) groups is 4. The Bertz CT molecular complexity index is 1080. The van der Waals surface area contributed by atoms with Crippen molar-refractivity contribution < 1.29 is 32.3 Å². The minimum Gasteiger partial charge on any atom is -0.466 e. The molecule has 1 aromatic rings. The quantitative estimate of drug-likeness (QED) is 0.494. The van der Waals surface area contributed by atoms with Gasteiger partial charge in [-0.3, -0.25) is 24.5 Å². The molecule has 0 spiro atoms. The van der Waals surface area contributed by atoms with E-state index in [4.69, 9.17) is 4.74 Å². The molecule has 32 heavy (non-hydrogen) atoms. The Balaban J connectivity index is 1.55. The molecule has 172 valence electrons. The maximum absolute atomic E-state index is 13.4. The topological polar surface area (TPSA) is 130 Å². The second-order valence-corrected chi connectivity index (χ2v) is 10.0. The molecule has 10 nitrogen and oxygen atoms in total. The van der Waals surface area contributed by atoms with Gasteiger partial charge in [0, 0.05) is 37.2 Å². The van der Waals surface area contributed by atoms with E-state index in [1.165, 1.54) is 21.3 Å². The minimum atomic E-state index is -3.90. The Hall–Kier alpha value is -2.79. The molecule has 0 radical (unpaired) electrons. The van der Waals surface area contributed by atoms with E-state index in [0.717, 1.165) is 0 Å².